The minimum atomic E-state index is 0.612. The number of fused-ring (bicyclic) bond motifs is 3. The normalized spacial score (nSPS) is 10.7. The van der Waals surface area contributed by atoms with Crippen LogP contribution in [0.25, 0.3) is 21.5 Å². The third-order valence-electron chi connectivity index (χ3n) is 3.23. The standard InChI is InChI=1S/C16H10O2/c17-9-12-5-6-13(10-18)16-14-4-2-1-3-11(14)7-8-15(12)16/h1-10H. The highest BCUT2D eigenvalue weighted by molar-refractivity contribution is 6.17. The molecule has 0 bridgehead atoms. The van der Waals surface area contributed by atoms with E-state index < -0.39 is 0 Å². The SMILES string of the molecule is O=Cc1ccc(C=O)c2c1ccc1ccccc12. The Morgan fingerprint density at radius 3 is 2.17 bits per heavy atom. The lowest BCUT2D eigenvalue weighted by Crippen LogP contribution is -1.90. The Morgan fingerprint density at radius 1 is 0.667 bits per heavy atom. The van der Waals surface area contributed by atoms with E-state index in [4.69, 9.17) is 0 Å². The van der Waals surface area contributed by atoms with E-state index in [-0.39, 0.29) is 0 Å². The number of carbonyl (C=O) groups is 2. The summed E-state index contributed by atoms with van der Waals surface area (Å²) < 4.78 is 0. The summed E-state index contributed by atoms with van der Waals surface area (Å²) in [5.74, 6) is 0. The van der Waals surface area contributed by atoms with Crippen molar-refractivity contribution in [1.82, 2.24) is 0 Å². The summed E-state index contributed by atoms with van der Waals surface area (Å²) >= 11 is 0. The van der Waals surface area contributed by atoms with Crippen molar-refractivity contribution in [1.29, 1.82) is 0 Å². The Kier molecular flexibility index (Phi) is 2.41. The van der Waals surface area contributed by atoms with Crippen molar-refractivity contribution in [2.75, 3.05) is 0 Å². The topological polar surface area (TPSA) is 34.1 Å². The van der Waals surface area contributed by atoms with Crippen molar-refractivity contribution in [3.8, 4) is 0 Å². The average Bonchev–Trinajstić information content (AvgIpc) is 2.45. The second kappa shape index (κ2) is 4.08. The van der Waals surface area contributed by atoms with Crippen molar-refractivity contribution in [3.63, 3.8) is 0 Å². The van der Waals surface area contributed by atoms with Crippen molar-refractivity contribution in [3.05, 3.63) is 59.7 Å². The van der Waals surface area contributed by atoms with Gasteiger partial charge in [-0.1, -0.05) is 48.5 Å². The quantitative estimate of drug-likeness (QED) is 0.501. The summed E-state index contributed by atoms with van der Waals surface area (Å²) in [5.41, 5.74) is 1.23. The van der Waals surface area contributed by atoms with E-state index in [0.29, 0.717) is 11.1 Å². The summed E-state index contributed by atoms with van der Waals surface area (Å²) in [4.78, 5) is 22.2. The molecule has 2 heteroatoms. The molecule has 86 valence electrons. The number of hydrogen-bond acceptors (Lipinski definition) is 2. The van der Waals surface area contributed by atoms with Crippen LogP contribution in [-0.2, 0) is 0 Å². The molecule has 0 aliphatic rings. The summed E-state index contributed by atoms with van der Waals surface area (Å²) in [5, 5.41) is 3.75. The van der Waals surface area contributed by atoms with Crippen LogP contribution in [0, 0.1) is 0 Å². The molecule has 0 amide bonds. The minimum absolute atomic E-state index is 0.612. The monoisotopic (exact) mass is 234 g/mol. The molecule has 0 spiro atoms. The first-order valence-corrected chi connectivity index (χ1v) is 5.70. The van der Waals surface area contributed by atoms with Gasteiger partial charge < -0.3 is 0 Å². The number of aldehydes is 2. The van der Waals surface area contributed by atoms with Crippen molar-refractivity contribution < 1.29 is 9.59 Å². The summed E-state index contributed by atoms with van der Waals surface area (Å²) in [6, 6.07) is 15.1. The van der Waals surface area contributed by atoms with E-state index in [0.717, 1.165) is 34.1 Å². The molecule has 3 aromatic carbocycles. The lowest BCUT2D eigenvalue weighted by molar-refractivity contribution is 0.111. The van der Waals surface area contributed by atoms with Crippen LogP contribution in [0.15, 0.2) is 48.5 Å². The van der Waals surface area contributed by atoms with E-state index in [2.05, 4.69) is 0 Å². The van der Waals surface area contributed by atoms with Crippen LogP contribution in [0.5, 0.6) is 0 Å². The lowest BCUT2D eigenvalue weighted by Gasteiger charge is -2.08. The second-order valence-corrected chi connectivity index (χ2v) is 4.19. The van der Waals surface area contributed by atoms with Gasteiger partial charge in [0.1, 0.15) is 0 Å². The van der Waals surface area contributed by atoms with E-state index in [1.807, 2.05) is 36.4 Å². The van der Waals surface area contributed by atoms with Crippen LogP contribution >= 0.6 is 0 Å². The third-order valence-corrected chi connectivity index (χ3v) is 3.23. The molecular weight excluding hydrogens is 224 g/mol. The number of benzene rings is 3. The Morgan fingerprint density at radius 2 is 1.39 bits per heavy atom. The first-order chi connectivity index (χ1) is 8.85. The molecule has 0 aromatic heterocycles. The highest BCUT2D eigenvalue weighted by Gasteiger charge is 2.08. The molecule has 0 saturated carbocycles. The molecule has 0 aliphatic heterocycles. The van der Waals surface area contributed by atoms with Crippen LogP contribution in [0.2, 0.25) is 0 Å². The molecule has 0 atom stereocenters. The van der Waals surface area contributed by atoms with Crippen LogP contribution in [-0.4, -0.2) is 12.6 Å². The van der Waals surface area contributed by atoms with Gasteiger partial charge in [0.25, 0.3) is 0 Å². The molecule has 0 aliphatic carbocycles. The van der Waals surface area contributed by atoms with E-state index >= 15 is 0 Å². The first kappa shape index (κ1) is 10.7. The van der Waals surface area contributed by atoms with Crippen LogP contribution < -0.4 is 0 Å². The van der Waals surface area contributed by atoms with Gasteiger partial charge in [0.2, 0.25) is 0 Å². The van der Waals surface area contributed by atoms with Gasteiger partial charge in [0.15, 0.2) is 12.6 Å². The Balaban J connectivity index is 2.62. The summed E-state index contributed by atoms with van der Waals surface area (Å²) in [6.45, 7) is 0. The zero-order valence-corrected chi connectivity index (χ0v) is 9.59. The van der Waals surface area contributed by atoms with Gasteiger partial charge in [0.05, 0.1) is 0 Å². The summed E-state index contributed by atoms with van der Waals surface area (Å²) in [6.07, 6.45) is 1.66. The smallest absolute Gasteiger partial charge is 0.150 e. The largest absolute Gasteiger partial charge is 0.298 e. The van der Waals surface area contributed by atoms with Crippen molar-refractivity contribution >= 4 is 34.1 Å². The van der Waals surface area contributed by atoms with Gasteiger partial charge in [-0.15, -0.1) is 0 Å². The average molecular weight is 234 g/mol. The molecule has 0 saturated heterocycles. The molecule has 0 radical (unpaired) electrons. The van der Waals surface area contributed by atoms with Crippen LogP contribution in [0.3, 0.4) is 0 Å². The molecule has 0 N–H and O–H groups in total. The highest BCUT2D eigenvalue weighted by Crippen LogP contribution is 2.29. The molecule has 18 heavy (non-hydrogen) atoms. The zero-order chi connectivity index (χ0) is 12.5. The summed E-state index contributed by atoms with van der Waals surface area (Å²) in [7, 11) is 0. The first-order valence-electron chi connectivity index (χ1n) is 5.70. The number of carbonyl (C=O) groups excluding carboxylic acids is 2. The van der Waals surface area contributed by atoms with E-state index in [1.54, 1.807) is 12.1 Å². The Bertz CT molecular complexity index is 772. The number of hydrogen-bond donors (Lipinski definition) is 0. The molecule has 0 heterocycles. The van der Waals surface area contributed by atoms with Gasteiger partial charge in [-0.2, -0.15) is 0 Å². The van der Waals surface area contributed by atoms with Gasteiger partial charge >= 0.3 is 0 Å². The maximum absolute atomic E-state index is 11.2. The molecule has 2 nitrogen and oxygen atoms in total. The van der Waals surface area contributed by atoms with Crippen molar-refractivity contribution in [2.45, 2.75) is 0 Å². The minimum Gasteiger partial charge on any atom is -0.298 e. The van der Waals surface area contributed by atoms with Crippen LogP contribution in [0.1, 0.15) is 20.7 Å². The molecule has 3 rings (SSSR count). The second-order valence-electron chi connectivity index (χ2n) is 4.19. The van der Waals surface area contributed by atoms with E-state index in [9.17, 15) is 9.59 Å². The molecule has 0 unspecified atom stereocenters. The van der Waals surface area contributed by atoms with Gasteiger partial charge in [-0.3, -0.25) is 9.59 Å². The van der Waals surface area contributed by atoms with Gasteiger partial charge in [-0.25, -0.2) is 0 Å². The lowest BCUT2D eigenvalue weighted by atomic mass is 9.95. The Hall–Kier alpha value is -2.48. The molecular formula is C16H10O2. The number of rotatable bonds is 2. The highest BCUT2D eigenvalue weighted by atomic mass is 16.1. The Labute approximate surface area is 104 Å². The maximum Gasteiger partial charge on any atom is 0.150 e. The van der Waals surface area contributed by atoms with Gasteiger partial charge in [0, 0.05) is 16.5 Å². The maximum atomic E-state index is 11.2. The van der Waals surface area contributed by atoms with Crippen molar-refractivity contribution in [2.24, 2.45) is 0 Å². The predicted molar refractivity (Wildman–Crippen MR) is 72.2 cm³/mol. The molecule has 3 aromatic rings. The third kappa shape index (κ3) is 1.43. The fourth-order valence-corrected chi connectivity index (χ4v) is 2.38. The zero-order valence-electron chi connectivity index (χ0n) is 9.59. The molecule has 0 fully saturated rings. The fraction of sp³-hybridized carbons (Fsp3) is 0. The fourth-order valence-electron chi connectivity index (χ4n) is 2.38. The van der Waals surface area contributed by atoms with Crippen LogP contribution in [0.4, 0.5) is 0 Å². The van der Waals surface area contributed by atoms with Gasteiger partial charge in [-0.05, 0) is 16.2 Å². The predicted octanol–water partition coefficient (Wildman–Crippen LogP) is 3.62. The van der Waals surface area contributed by atoms with E-state index in [1.165, 1.54) is 0 Å².